The zero-order chi connectivity index (χ0) is 11.4. The molecule has 1 N–H and O–H groups in total. The molecule has 2 aliphatic heterocycles. The SMILES string of the molecule is Cc1ccc2c(n1)N1CC3CCCC3C1CN2. The number of nitrogens with one attached hydrogen (secondary N) is 1. The Bertz CT molecular complexity index is 457. The van der Waals surface area contributed by atoms with Crippen molar-refractivity contribution in [2.24, 2.45) is 11.8 Å². The summed E-state index contributed by atoms with van der Waals surface area (Å²) >= 11 is 0. The van der Waals surface area contributed by atoms with E-state index in [0.29, 0.717) is 6.04 Å². The summed E-state index contributed by atoms with van der Waals surface area (Å²) in [5.41, 5.74) is 2.36. The van der Waals surface area contributed by atoms with Gasteiger partial charge in [-0.1, -0.05) is 6.42 Å². The number of aromatic nitrogens is 1. The van der Waals surface area contributed by atoms with E-state index in [1.54, 1.807) is 0 Å². The van der Waals surface area contributed by atoms with E-state index in [0.717, 1.165) is 24.1 Å². The van der Waals surface area contributed by atoms with Crippen molar-refractivity contribution in [3.05, 3.63) is 17.8 Å². The molecule has 0 spiro atoms. The fourth-order valence-corrected chi connectivity index (χ4v) is 4.04. The molecule has 17 heavy (non-hydrogen) atoms. The maximum Gasteiger partial charge on any atom is 0.152 e. The van der Waals surface area contributed by atoms with Crippen LogP contribution in [0.5, 0.6) is 0 Å². The number of fused-ring (bicyclic) bond motifs is 5. The van der Waals surface area contributed by atoms with Crippen LogP contribution >= 0.6 is 0 Å². The molecule has 1 saturated carbocycles. The first-order valence-corrected chi connectivity index (χ1v) is 6.81. The molecule has 0 aromatic carbocycles. The van der Waals surface area contributed by atoms with Crippen molar-refractivity contribution in [2.45, 2.75) is 32.2 Å². The first-order valence-electron chi connectivity index (χ1n) is 6.81. The maximum absolute atomic E-state index is 4.75. The van der Waals surface area contributed by atoms with E-state index in [1.807, 2.05) is 0 Å². The molecule has 90 valence electrons. The van der Waals surface area contributed by atoms with Gasteiger partial charge in [-0.3, -0.25) is 0 Å². The molecule has 1 aromatic rings. The van der Waals surface area contributed by atoms with Gasteiger partial charge in [0.15, 0.2) is 5.82 Å². The molecular formula is C14H19N3. The zero-order valence-electron chi connectivity index (χ0n) is 10.3. The van der Waals surface area contributed by atoms with Gasteiger partial charge in [-0.05, 0) is 43.7 Å². The van der Waals surface area contributed by atoms with Crippen LogP contribution in [0.2, 0.25) is 0 Å². The lowest BCUT2D eigenvalue weighted by Crippen LogP contribution is -2.43. The van der Waals surface area contributed by atoms with Gasteiger partial charge in [-0.2, -0.15) is 0 Å². The van der Waals surface area contributed by atoms with Crippen molar-refractivity contribution in [2.75, 3.05) is 23.3 Å². The molecular weight excluding hydrogens is 210 g/mol. The lowest BCUT2D eigenvalue weighted by atomic mass is 9.93. The lowest BCUT2D eigenvalue weighted by Gasteiger charge is -2.35. The largest absolute Gasteiger partial charge is 0.380 e. The summed E-state index contributed by atoms with van der Waals surface area (Å²) < 4.78 is 0. The third-order valence-corrected chi connectivity index (χ3v) is 4.83. The van der Waals surface area contributed by atoms with Crippen molar-refractivity contribution < 1.29 is 0 Å². The van der Waals surface area contributed by atoms with E-state index in [1.165, 1.54) is 37.3 Å². The Morgan fingerprint density at radius 2 is 2.29 bits per heavy atom. The third kappa shape index (κ3) is 1.31. The van der Waals surface area contributed by atoms with Crippen molar-refractivity contribution in [3.8, 4) is 0 Å². The number of hydrogen-bond donors (Lipinski definition) is 1. The molecule has 2 fully saturated rings. The Morgan fingerprint density at radius 1 is 1.35 bits per heavy atom. The van der Waals surface area contributed by atoms with E-state index < -0.39 is 0 Å². The van der Waals surface area contributed by atoms with Gasteiger partial charge >= 0.3 is 0 Å². The van der Waals surface area contributed by atoms with E-state index in [-0.39, 0.29) is 0 Å². The zero-order valence-corrected chi connectivity index (χ0v) is 10.3. The van der Waals surface area contributed by atoms with Crippen LogP contribution in [0, 0.1) is 18.8 Å². The van der Waals surface area contributed by atoms with Crippen LogP contribution in [0.1, 0.15) is 25.0 Å². The Morgan fingerprint density at radius 3 is 3.24 bits per heavy atom. The highest BCUT2D eigenvalue weighted by molar-refractivity contribution is 5.69. The van der Waals surface area contributed by atoms with Crippen LogP contribution in [0.25, 0.3) is 0 Å². The molecule has 0 amide bonds. The summed E-state index contributed by atoms with van der Waals surface area (Å²) in [4.78, 5) is 7.32. The van der Waals surface area contributed by atoms with E-state index >= 15 is 0 Å². The number of hydrogen-bond acceptors (Lipinski definition) is 3. The van der Waals surface area contributed by atoms with Crippen molar-refractivity contribution >= 4 is 11.5 Å². The number of anilines is 2. The summed E-state index contributed by atoms with van der Waals surface area (Å²) in [5.74, 6) is 3.05. The highest BCUT2D eigenvalue weighted by Gasteiger charge is 2.46. The molecule has 3 heteroatoms. The van der Waals surface area contributed by atoms with Gasteiger partial charge < -0.3 is 10.2 Å². The first-order chi connectivity index (χ1) is 8.33. The molecule has 1 aromatic heterocycles. The molecule has 3 nitrogen and oxygen atoms in total. The third-order valence-electron chi connectivity index (χ3n) is 4.83. The average Bonchev–Trinajstić information content (AvgIpc) is 2.88. The van der Waals surface area contributed by atoms with Crippen molar-refractivity contribution in [1.29, 1.82) is 0 Å². The fourth-order valence-electron chi connectivity index (χ4n) is 4.04. The van der Waals surface area contributed by atoms with Crippen LogP contribution in [0.4, 0.5) is 11.5 Å². The summed E-state index contributed by atoms with van der Waals surface area (Å²) in [7, 11) is 0. The summed E-state index contributed by atoms with van der Waals surface area (Å²) in [6, 6.07) is 4.98. The summed E-state index contributed by atoms with van der Waals surface area (Å²) in [6.07, 6.45) is 4.29. The predicted octanol–water partition coefficient (Wildman–Crippen LogP) is 2.42. The smallest absolute Gasteiger partial charge is 0.152 e. The maximum atomic E-state index is 4.75. The highest BCUT2D eigenvalue weighted by atomic mass is 15.3. The molecule has 0 bridgehead atoms. The lowest BCUT2D eigenvalue weighted by molar-refractivity contribution is 0.428. The van der Waals surface area contributed by atoms with Gasteiger partial charge in [-0.25, -0.2) is 4.98 Å². The van der Waals surface area contributed by atoms with Gasteiger partial charge in [0.2, 0.25) is 0 Å². The second-order valence-electron chi connectivity index (χ2n) is 5.78. The van der Waals surface area contributed by atoms with E-state index in [9.17, 15) is 0 Å². The van der Waals surface area contributed by atoms with Gasteiger partial charge in [0.1, 0.15) is 0 Å². The number of nitrogens with zero attached hydrogens (tertiary/aromatic N) is 2. The van der Waals surface area contributed by atoms with Crippen LogP contribution < -0.4 is 10.2 Å². The molecule has 3 atom stereocenters. The van der Waals surface area contributed by atoms with Gasteiger partial charge in [-0.15, -0.1) is 0 Å². The fraction of sp³-hybridized carbons (Fsp3) is 0.643. The van der Waals surface area contributed by atoms with Crippen LogP contribution in [0.3, 0.4) is 0 Å². The molecule has 0 radical (unpaired) electrons. The average molecular weight is 229 g/mol. The number of pyridine rings is 1. The Labute approximate surface area is 102 Å². The second-order valence-corrected chi connectivity index (χ2v) is 5.78. The minimum Gasteiger partial charge on any atom is -0.380 e. The molecule has 4 rings (SSSR count). The monoisotopic (exact) mass is 229 g/mol. The highest BCUT2D eigenvalue weighted by Crippen LogP contribution is 2.46. The quantitative estimate of drug-likeness (QED) is 0.740. The predicted molar refractivity (Wildman–Crippen MR) is 69.4 cm³/mol. The minimum absolute atomic E-state index is 0.698. The molecule has 3 aliphatic rings. The topological polar surface area (TPSA) is 28.2 Å². The molecule has 1 aliphatic carbocycles. The van der Waals surface area contributed by atoms with Crippen molar-refractivity contribution in [1.82, 2.24) is 4.98 Å². The Balaban J connectivity index is 1.75. The summed E-state index contributed by atoms with van der Waals surface area (Å²) in [6.45, 7) is 4.43. The van der Waals surface area contributed by atoms with E-state index in [4.69, 9.17) is 4.98 Å². The van der Waals surface area contributed by atoms with Gasteiger partial charge in [0.05, 0.1) is 11.7 Å². The van der Waals surface area contributed by atoms with Crippen LogP contribution in [-0.2, 0) is 0 Å². The summed E-state index contributed by atoms with van der Waals surface area (Å²) in [5, 5.41) is 3.57. The van der Waals surface area contributed by atoms with Crippen LogP contribution in [0.15, 0.2) is 12.1 Å². The second kappa shape index (κ2) is 3.37. The Kier molecular flexibility index (Phi) is 1.93. The van der Waals surface area contributed by atoms with E-state index in [2.05, 4.69) is 29.3 Å². The molecule has 1 saturated heterocycles. The van der Waals surface area contributed by atoms with Crippen LogP contribution in [-0.4, -0.2) is 24.1 Å². The van der Waals surface area contributed by atoms with Crippen molar-refractivity contribution in [3.63, 3.8) is 0 Å². The molecule has 3 heterocycles. The minimum atomic E-state index is 0.698. The standard InChI is InChI=1S/C14H19N3/c1-9-5-6-12-14(16-9)17-8-10-3-2-4-11(10)13(17)7-15-12/h5-6,10-11,13,15H,2-4,7-8H2,1H3. The number of aryl methyl sites for hydroxylation is 1. The van der Waals surface area contributed by atoms with Gasteiger partial charge in [0, 0.05) is 18.8 Å². The number of rotatable bonds is 0. The van der Waals surface area contributed by atoms with Gasteiger partial charge in [0.25, 0.3) is 0 Å². The normalized spacial score (nSPS) is 33.9. The molecule has 3 unspecified atom stereocenters. The first kappa shape index (κ1) is 9.75. The Hall–Kier alpha value is -1.25.